The first-order valence-electron chi connectivity index (χ1n) is 5.87. The van der Waals surface area contributed by atoms with Crippen molar-refractivity contribution < 1.29 is 27.5 Å². The molecule has 1 heterocycles. The lowest BCUT2D eigenvalue weighted by molar-refractivity contribution is -0.132. The molecule has 1 aromatic rings. The van der Waals surface area contributed by atoms with E-state index in [2.05, 4.69) is 0 Å². The summed E-state index contributed by atoms with van der Waals surface area (Å²) in [6.07, 6.45) is -4.60. The van der Waals surface area contributed by atoms with Crippen LogP contribution < -0.4 is 10.2 Å². The van der Waals surface area contributed by atoms with Crippen molar-refractivity contribution in [2.24, 2.45) is 0 Å². The molecule has 0 bridgehead atoms. The van der Waals surface area contributed by atoms with Crippen molar-refractivity contribution >= 4 is 40.3 Å². The molecule has 1 fully saturated rings. The van der Waals surface area contributed by atoms with E-state index < -0.39 is 30.3 Å². The molecule has 1 saturated heterocycles. The number of hydrogen-bond acceptors (Lipinski definition) is 3. The maximum absolute atomic E-state index is 13.5. The molecular formula is C12H10F3IN2O3. The molecule has 1 aliphatic heterocycles. The minimum absolute atomic E-state index is 0.0440. The lowest BCUT2D eigenvalue weighted by atomic mass is 10.2. The topological polar surface area (TPSA) is 58.6 Å². The van der Waals surface area contributed by atoms with Gasteiger partial charge in [-0.3, -0.25) is 9.69 Å². The fraction of sp³-hybridized carbons (Fsp3) is 0.333. The summed E-state index contributed by atoms with van der Waals surface area (Å²) in [6.45, 7) is -0.180. The van der Waals surface area contributed by atoms with Crippen molar-refractivity contribution in [3.8, 4) is 0 Å². The molecular weight excluding hydrogens is 404 g/mol. The summed E-state index contributed by atoms with van der Waals surface area (Å²) in [4.78, 5) is 23.6. The molecule has 1 atom stereocenters. The molecule has 1 aliphatic rings. The van der Waals surface area contributed by atoms with Gasteiger partial charge in [-0.15, -0.1) is 0 Å². The number of ether oxygens (including phenoxy) is 1. The first kappa shape index (κ1) is 15.9. The summed E-state index contributed by atoms with van der Waals surface area (Å²) in [7, 11) is 0. The van der Waals surface area contributed by atoms with E-state index in [0.717, 1.165) is 0 Å². The van der Waals surface area contributed by atoms with E-state index in [0.29, 0.717) is 9.26 Å². The second kappa shape index (κ2) is 6.50. The van der Waals surface area contributed by atoms with Crippen molar-refractivity contribution in [3.63, 3.8) is 0 Å². The van der Waals surface area contributed by atoms with Crippen LogP contribution in [-0.4, -0.2) is 37.6 Å². The number of halogens is 4. The van der Waals surface area contributed by atoms with E-state index >= 15 is 0 Å². The van der Waals surface area contributed by atoms with Gasteiger partial charge in [0.05, 0.1) is 18.8 Å². The summed E-state index contributed by atoms with van der Waals surface area (Å²) >= 11 is 1.81. The fourth-order valence-electron chi connectivity index (χ4n) is 1.78. The van der Waals surface area contributed by atoms with Gasteiger partial charge in [-0.25, -0.2) is 9.18 Å². The Morgan fingerprint density at radius 3 is 2.86 bits per heavy atom. The average Bonchev–Trinajstić information content (AvgIpc) is 2.80. The monoisotopic (exact) mass is 414 g/mol. The van der Waals surface area contributed by atoms with Crippen LogP contribution in [0.4, 0.5) is 23.7 Å². The highest BCUT2D eigenvalue weighted by Crippen LogP contribution is 2.24. The van der Waals surface area contributed by atoms with Gasteiger partial charge in [-0.2, -0.15) is 8.78 Å². The number of carbonyl (C=O) groups excluding carboxylic acids is 2. The normalized spacial score (nSPS) is 18.0. The molecule has 2 rings (SSSR count). The Morgan fingerprint density at radius 2 is 2.24 bits per heavy atom. The van der Waals surface area contributed by atoms with Gasteiger partial charge >= 0.3 is 12.5 Å². The number of nitrogens with one attached hydrogen (secondary N) is 1. The smallest absolute Gasteiger partial charge is 0.414 e. The van der Waals surface area contributed by atoms with Crippen LogP contribution in [0.15, 0.2) is 18.2 Å². The second-order valence-corrected chi connectivity index (χ2v) is 5.42. The summed E-state index contributed by atoms with van der Waals surface area (Å²) < 4.78 is 42.9. The maximum atomic E-state index is 13.5. The highest BCUT2D eigenvalue weighted by Gasteiger charge is 2.33. The largest absolute Gasteiger partial charge is 0.442 e. The maximum Gasteiger partial charge on any atom is 0.414 e. The molecule has 0 radical (unpaired) electrons. The summed E-state index contributed by atoms with van der Waals surface area (Å²) in [5.41, 5.74) is 0.306. The predicted octanol–water partition coefficient (Wildman–Crippen LogP) is 2.14. The number of cyclic esters (lactones) is 1. The van der Waals surface area contributed by atoms with Crippen LogP contribution >= 0.6 is 22.6 Å². The van der Waals surface area contributed by atoms with Crippen molar-refractivity contribution in [2.75, 3.05) is 18.0 Å². The van der Waals surface area contributed by atoms with Gasteiger partial charge in [0, 0.05) is 3.57 Å². The van der Waals surface area contributed by atoms with Gasteiger partial charge in [0.15, 0.2) is 0 Å². The number of amides is 2. The van der Waals surface area contributed by atoms with Gasteiger partial charge in [-0.1, -0.05) is 0 Å². The van der Waals surface area contributed by atoms with E-state index in [1.807, 2.05) is 27.9 Å². The van der Waals surface area contributed by atoms with Crippen LogP contribution in [0.1, 0.15) is 0 Å². The number of hydrogen-bond donors (Lipinski definition) is 1. The first-order chi connectivity index (χ1) is 9.88. The highest BCUT2D eigenvalue weighted by atomic mass is 127. The van der Waals surface area contributed by atoms with Gasteiger partial charge < -0.3 is 10.1 Å². The average molecular weight is 414 g/mol. The zero-order valence-corrected chi connectivity index (χ0v) is 12.6. The Bertz CT molecular complexity index is 571. The van der Waals surface area contributed by atoms with Gasteiger partial charge in [0.1, 0.15) is 11.9 Å². The highest BCUT2D eigenvalue weighted by molar-refractivity contribution is 14.1. The van der Waals surface area contributed by atoms with Gasteiger partial charge in [0.2, 0.25) is 0 Å². The third-order valence-electron chi connectivity index (χ3n) is 2.79. The van der Waals surface area contributed by atoms with E-state index in [1.54, 1.807) is 6.07 Å². The minimum atomic E-state index is -3.12. The van der Waals surface area contributed by atoms with Crippen molar-refractivity contribution in [2.45, 2.75) is 12.5 Å². The Balaban J connectivity index is 1.99. The van der Waals surface area contributed by atoms with E-state index in [9.17, 15) is 22.8 Å². The van der Waals surface area contributed by atoms with Crippen LogP contribution in [0, 0.1) is 9.39 Å². The molecule has 9 heteroatoms. The molecule has 1 aromatic carbocycles. The SMILES string of the molecule is O=C(NC[C@H]1CN(c2ccc(I)c(F)c2)C(=O)O1)C(F)F. The standard InChI is InChI=1S/C12H10F3IN2O3/c13-8-3-6(1-2-9(8)16)18-5-7(21-12(18)20)4-17-11(19)10(14)15/h1-3,7,10H,4-5H2,(H,17,19)/t7-/m0/s1. The number of nitrogens with zero attached hydrogens (tertiary/aromatic N) is 1. The van der Waals surface area contributed by atoms with Crippen LogP contribution in [0.3, 0.4) is 0 Å². The van der Waals surface area contributed by atoms with Crippen molar-refractivity contribution in [1.82, 2.24) is 5.32 Å². The van der Waals surface area contributed by atoms with Crippen molar-refractivity contribution in [1.29, 1.82) is 0 Å². The number of anilines is 1. The Hall–Kier alpha value is -1.52. The van der Waals surface area contributed by atoms with E-state index in [4.69, 9.17) is 4.74 Å². The fourth-order valence-corrected chi connectivity index (χ4v) is 2.12. The lowest BCUT2D eigenvalue weighted by Crippen LogP contribution is -2.37. The quantitative estimate of drug-likeness (QED) is 0.769. The molecule has 0 unspecified atom stereocenters. The summed E-state index contributed by atoms with van der Waals surface area (Å²) in [5, 5.41) is 1.97. The molecule has 5 nitrogen and oxygen atoms in total. The summed E-state index contributed by atoms with van der Waals surface area (Å²) in [6, 6.07) is 4.24. The second-order valence-electron chi connectivity index (χ2n) is 4.26. The molecule has 0 aromatic heterocycles. The molecule has 0 spiro atoms. The van der Waals surface area contributed by atoms with E-state index in [-0.39, 0.29) is 13.1 Å². The van der Waals surface area contributed by atoms with Gasteiger partial charge in [0.25, 0.3) is 5.91 Å². The van der Waals surface area contributed by atoms with Crippen LogP contribution in [0.25, 0.3) is 0 Å². The first-order valence-corrected chi connectivity index (χ1v) is 6.95. The number of alkyl halides is 2. The molecule has 0 aliphatic carbocycles. The minimum Gasteiger partial charge on any atom is -0.442 e. The molecule has 114 valence electrons. The van der Waals surface area contributed by atoms with Crippen LogP contribution in [0.5, 0.6) is 0 Å². The molecule has 1 N–H and O–H groups in total. The van der Waals surface area contributed by atoms with Crippen LogP contribution in [0.2, 0.25) is 0 Å². The Morgan fingerprint density at radius 1 is 1.52 bits per heavy atom. The third kappa shape index (κ3) is 3.77. The zero-order chi connectivity index (χ0) is 15.6. The predicted molar refractivity (Wildman–Crippen MR) is 75.7 cm³/mol. The van der Waals surface area contributed by atoms with Crippen LogP contribution in [-0.2, 0) is 9.53 Å². The number of rotatable bonds is 4. The molecule has 0 saturated carbocycles. The molecule has 21 heavy (non-hydrogen) atoms. The van der Waals surface area contributed by atoms with E-state index in [1.165, 1.54) is 17.0 Å². The molecule has 2 amide bonds. The Kier molecular flexibility index (Phi) is 4.91. The Labute approximate surface area is 131 Å². The number of carbonyl (C=O) groups is 2. The van der Waals surface area contributed by atoms with Gasteiger partial charge in [-0.05, 0) is 40.8 Å². The van der Waals surface area contributed by atoms with Crippen molar-refractivity contribution in [3.05, 3.63) is 27.6 Å². The lowest BCUT2D eigenvalue weighted by Gasteiger charge is -2.13. The summed E-state index contributed by atoms with van der Waals surface area (Å²) in [5.74, 6) is -1.90. The zero-order valence-electron chi connectivity index (χ0n) is 10.5. The number of benzene rings is 1. The third-order valence-corrected chi connectivity index (χ3v) is 3.67.